The number of fused-ring (bicyclic) bond motifs is 3. The smallest absolute Gasteiger partial charge is 0.156 e. The highest BCUT2D eigenvalue weighted by Gasteiger charge is 2.53. The predicted octanol–water partition coefficient (Wildman–Crippen LogP) is 2.78. The summed E-state index contributed by atoms with van der Waals surface area (Å²) in [6.07, 6.45) is 1.99. The average Bonchev–Trinajstić information content (AvgIpc) is 2.72. The maximum Gasteiger partial charge on any atom is 0.156 e. The van der Waals surface area contributed by atoms with E-state index in [1.165, 1.54) is 0 Å². The third kappa shape index (κ3) is 2.25. The highest BCUT2D eigenvalue weighted by Crippen LogP contribution is 2.47. The summed E-state index contributed by atoms with van der Waals surface area (Å²) in [6.45, 7) is 0. The van der Waals surface area contributed by atoms with E-state index in [0.29, 0.717) is 25.7 Å². The molecule has 0 amide bonds. The Kier molecular flexibility index (Phi) is 3.22. The molecule has 2 aromatic rings. The SMILES string of the molecule is COc1ccc2cc(C3(O)CC4CCC(C3)S4(=O)=O)ccc2c1. The average molecular weight is 332 g/mol. The zero-order valence-corrected chi connectivity index (χ0v) is 13.8. The standard InChI is InChI=1S/C18H20O4S/c1-22-15-5-3-12-8-14(4-2-13(12)9-15)18(19)10-16-6-7-17(11-18)23(16,20)21/h2-5,8-9,16-17,19H,6-7,10-11H2,1H3. The van der Waals surface area contributed by atoms with Gasteiger partial charge in [0.1, 0.15) is 5.75 Å². The van der Waals surface area contributed by atoms with E-state index in [9.17, 15) is 13.5 Å². The van der Waals surface area contributed by atoms with E-state index < -0.39 is 25.9 Å². The van der Waals surface area contributed by atoms with Crippen LogP contribution in [0.1, 0.15) is 31.2 Å². The monoisotopic (exact) mass is 332 g/mol. The molecule has 2 aliphatic rings. The molecule has 4 nitrogen and oxygen atoms in total. The molecule has 0 aromatic heterocycles. The van der Waals surface area contributed by atoms with Gasteiger partial charge in [0.25, 0.3) is 0 Å². The fourth-order valence-electron chi connectivity index (χ4n) is 4.12. The van der Waals surface area contributed by atoms with Crippen molar-refractivity contribution in [2.24, 2.45) is 0 Å². The zero-order chi connectivity index (χ0) is 16.2. The van der Waals surface area contributed by atoms with Gasteiger partial charge in [-0.1, -0.05) is 18.2 Å². The van der Waals surface area contributed by atoms with Crippen molar-refractivity contribution in [1.29, 1.82) is 0 Å². The van der Waals surface area contributed by atoms with Gasteiger partial charge in [0.05, 0.1) is 23.2 Å². The number of benzene rings is 2. The van der Waals surface area contributed by atoms with Crippen LogP contribution in [-0.2, 0) is 15.4 Å². The Bertz CT molecular complexity index is 852. The Morgan fingerprint density at radius 2 is 1.65 bits per heavy atom. The molecule has 2 saturated heterocycles. The summed E-state index contributed by atoms with van der Waals surface area (Å²) in [4.78, 5) is 0. The van der Waals surface area contributed by atoms with Crippen LogP contribution in [-0.4, -0.2) is 31.1 Å². The van der Waals surface area contributed by atoms with Crippen molar-refractivity contribution in [2.45, 2.75) is 41.8 Å². The fraction of sp³-hybridized carbons (Fsp3) is 0.444. The van der Waals surface area contributed by atoms with E-state index in [1.54, 1.807) is 7.11 Å². The van der Waals surface area contributed by atoms with E-state index in [0.717, 1.165) is 22.1 Å². The second kappa shape index (κ2) is 4.95. The number of rotatable bonds is 2. The molecule has 0 radical (unpaired) electrons. The maximum atomic E-state index is 12.3. The quantitative estimate of drug-likeness (QED) is 0.918. The molecule has 1 N–H and O–H groups in total. The lowest BCUT2D eigenvalue weighted by Crippen LogP contribution is -2.43. The third-order valence-corrected chi connectivity index (χ3v) is 8.12. The first-order chi connectivity index (χ1) is 10.9. The molecule has 0 saturated carbocycles. The van der Waals surface area contributed by atoms with Crippen LogP contribution in [0.4, 0.5) is 0 Å². The van der Waals surface area contributed by atoms with Crippen LogP contribution in [0, 0.1) is 0 Å². The van der Waals surface area contributed by atoms with Gasteiger partial charge >= 0.3 is 0 Å². The molecule has 2 heterocycles. The van der Waals surface area contributed by atoms with Crippen molar-refractivity contribution in [3.63, 3.8) is 0 Å². The van der Waals surface area contributed by atoms with Gasteiger partial charge in [-0.25, -0.2) is 8.42 Å². The topological polar surface area (TPSA) is 63.6 Å². The van der Waals surface area contributed by atoms with Crippen LogP contribution in [0.3, 0.4) is 0 Å². The van der Waals surface area contributed by atoms with Crippen LogP contribution in [0.25, 0.3) is 10.8 Å². The lowest BCUT2D eigenvalue weighted by molar-refractivity contribution is 0.0174. The van der Waals surface area contributed by atoms with Crippen LogP contribution < -0.4 is 4.74 Å². The summed E-state index contributed by atoms with van der Waals surface area (Å²) in [6, 6.07) is 11.7. The maximum absolute atomic E-state index is 12.3. The molecule has 2 fully saturated rings. The van der Waals surface area contributed by atoms with E-state index in [2.05, 4.69) is 0 Å². The van der Waals surface area contributed by atoms with E-state index in [-0.39, 0.29) is 0 Å². The highest BCUT2D eigenvalue weighted by molar-refractivity contribution is 7.93. The first kappa shape index (κ1) is 15.0. The first-order valence-corrected chi connectivity index (χ1v) is 9.57. The minimum Gasteiger partial charge on any atom is -0.497 e. The van der Waals surface area contributed by atoms with E-state index in [1.807, 2.05) is 36.4 Å². The number of methoxy groups -OCH3 is 1. The van der Waals surface area contributed by atoms with Gasteiger partial charge in [0.15, 0.2) is 9.84 Å². The van der Waals surface area contributed by atoms with Crippen molar-refractivity contribution in [3.8, 4) is 5.75 Å². The highest BCUT2D eigenvalue weighted by atomic mass is 32.2. The van der Waals surface area contributed by atoms with E-state index >= 15 is 0 Å². The molecule has 2 bridgehead atoms. The molecule has 5 heteroatoms. The van der Waals surface area contributed by atoms with Crippen molar-refractivity contribution < 1.29 is 18.3 Å². The van der Waals surface area contributed by atoms with Gasteiger partial charge in [-0.05, 0) is 60.2 Å². The molecule has 4 rings (SSSR count). The molecular weight excluding hydrogens is 312 g/mol. The summed E-state index contributed by atoms with van der Waals surface area (Å²) in [5, 5.41) is 12.4. The summed E-state index contributed by atoms with van der Waals surface area (Å²) in [5.41, 5.74) is -0.215. The van der Waals surface area contributed by atoms with Gasteiger partial charge in [0.2, 0.25) is 0 Å². The van der Waals surface area contributed by atoms with Gasteiger partial charge in [-0.3, -0.25) is 0 Å². The lowest BCUT2D eigenvalue weighted by atomic mass is 9.85. The Balaban J connectivity index is 1.74. The number of aliphatic hydroxyl groups is 1. The van der Waals surface area contributed by atoms with Crippen LogP contribution in [0.15, 0.2) is 36.4 Å². The minimum atomic E-state index is -3.04. The van der Waals surface area contributed by atoms with Crippen molar-refractivity contribution in [1.82, 2.24) is 0 Å². The number of hydrogen-bond donors (Lipinski definition) is 1. The fourth-order valence-corrected chi connectivity index (χ4v) is 6.61. The molecule has 2 atom stereocenters. The number of ether oxygens (including phenoxy) is 1. The van der Waals surface area contributed by atoms with Crippen molar-refractivity contribution in [3.05, 3.63) is 42.0 Å². The number of hydrogen-bond acceptors (Lipinski definition) is 4. The number of sulfone groups is 1. The molecule has 2 aromatic carbocycles. The summed E-state index contributed by atoms with van der Waals surface area (Å²) >= 11 is 0. The van der Waals surface area contributed by atoms with Crippen molar-refractivity contribution in [2.75, 3.05) is 7.11 Å². The van der Waals surface area contributed by atoms with Gasteiger partial charge in [-0.15, -0.1) is 0 Å². The molecule has 23 heavy (non-hydrogen) atoms. The van der Waals surface area contributed by atoms with Gasteiger partial charge < -0.3 is 9.84 Å². The first-order valence-electron chi connectivity index (χ1n) is 7.96. The molecule has 2 unspecified atom stereocenters. The molecule has 0 spiro atoms. The predicted molar refractivity (Wildman–Crippen MR) is 89.4 cm³/mol. The second-order valence-electron chi connectivity index (χ2n) is 6.78. The lowest BCUT2D eigenvalue weighted by Gasteiger charge is -2.36. The van der Waals surface area contributed by atoms with Crippen LogP contribution >= 0.6 is 0 Å². The van der Waals surface area contributed by atoms with Gasteiger partial charge in [0, 0.05) is 0 Å². The summed E-state index contributed by atoms with van der Waals surface area (Å²) in [5.74, 6) is 0.797. The molecule has 122 valence electrons. The Hall–Kier alpha value is -1.59. The normalized spacial score (nSPS) is 32.1. The van der Waals surface area contributed by atoms with Gasteiger partial charge in [-0.2, -0.15) is 0 Å². The third-order valence-electron chi connectivity index (χ3n) is 5.46. The largest absolute Gasteiger partial charge is 0.497 e. The molecule has 0 aliphatic carbocycles. The van der Waals surface area contributed by atoms with E-state index in [4.69, 9.17) is 4.74 Å². The Morgan fingerprint density at radius 1 is 1.04 bits per heavy atom. The molecular formula is C18H20O4S. The summed E-state index contributed by atoms with van der Waals surface area (Å²) in [7, 11) is -1.40. The summed E-state index contributed by atoms with van der Waals surface area (Å²) < 4.78 is 29.7. The Labute approximate surface area is 136 Å². The van der Waals surface area contributed by atoms with Crippen LogP contribution in [0.2, 0.25) is 0 Å². The Morgan fingerprint density at radius 3 is 2.30 bits per heavy atom. The molecule has 2 aliphatic heterocycles. The minimum absolute atomic E-state index is 0.313. The zero-order valence-electron chi connectivity index (χ0n) is 13.0. The second-order valence-corrected chi connectivity index (χ2v) is 9.29. The van der Waals surface area contributed by atoms with Crippen LogP contribution in [0.5, 0.6) is 5.75 Å². The van der Waals surface area contributed by atoms with Crippen molar-refractivity contribution >= 4 is 20.6 Å².